The van der Waals surface area contributed by atoms with Gasteiger partial charge in [0.05, 0.1) is 18.7 Å². The second-order valence-electron chi connectivity index (χ2n) is 9.22. The molecule has 1 saturated heterocycles. The smallest absolute Gasteiger partial charge is 0.354 e. The second kappa shape index (κ2) is 6.32. The minimum atomic E-state index is -1.39. The van der Waals surface area contributed by atoms with Crippen LogP contribution in [0.1, 0.15) is 38.7 Å². The molecule has 1 saturated carbocycles. The molecule has 0 amide bonds. The number of aliphatic hydroxyl groups is 1. The van der Waals surface area contributed by atoms with Crippen LogP contribution >= 0.6 is 0 Å². The number of carbonyl (C=O) groups is 2. The van der Waals surface area contributed by atoms with Gasteiger partial charge in [-0.3, -0.25) is 4.79 Å². The van der Waals surface area contributed by atoms with Gasteiger partial charge in [-0.1, -0.05) is 12.1 Å². The second-order valence-corrected chi connectivity index (χ2v) is 9.22. The minimum Gasteiger partial charge on any atom is -0.508 e. The Labute approximate surface area is 179 Å². The zero-order valence-corrected chi connectivity index (χ0v) is 17.6. The highest BCUT2D eigenvalue weighted by Gasteiger charge is 2.73. The maximum atomic E-state index is 13.2. The number of ether oxygens (including phenoxy) is 2. The molecule has 0 aromatic heterocycles. The molecule has 5 rings (SSSR count). The maximum absolute atomic E-state index is 13.2. The van der Waals surface area contributed by atoms with Crippen molar-refractivity contribution >= 4 is 17.5 Å². The van der Waals surface area contributed by atoms with E-state index in [2.05, 4.69) is 5.16 Å². The Morgan fingerprint density at radius 3 is 2.77 bits per heavy atom. The summed E-state index contributed by atoms with van der Waals surface area (Å²) in [7, 11) is 1.48. The average Bonchev–Trinajstić information content (AvgIpc) is 3.36. The number of aromatic hydroxyl groups is 1. The summed E-state index contributed by atoms with van der Waals surface area (Å²) in [6.07, 6.45) is 3.43. The molecule has 0 radical (unpaired) electrons. The van der Waals surface area contributed by atoms with Gasteiger partial charge in [-0.15, -0.1) is 0 Å². The first-order chi connectivity index (χ1) is 14.7. The number of hydrogen-bond donors (Lipinski definition) is 2. The molecule has 4 aliphatic rings. The number of nitrogens with zero attached hydrogens (tertiary/aromatic N) is 1. The Morgan fingerprint density at radius 1 is 1.26 bits per heavy atom. The largest absolute Gasteiger partial charge is 0.508 e. The number of phenolic OH excluding ortho intramolecular Hbond substituents is 1. The number of benzene rings is 1. The monoisotopic (exact) mass is 427 g/mol. The summed E-state index contributed by atoms with van der Waals surface area (Å²) < 4.78 is 11.2. The van der Waals surface area contributed by atoms with E-state index in [1.54, 1.807) is 19.1 Å². The molecular formula is C23H25NO7. The van der Waals surface area contributed by atoms with E-state index in [9.17, 15) is 19.8 Å². The van der Waals surface area contributed by atoms with Crippen LogP contribution in [0.5, 0.6) is 11.5 Å². The third-order valence-electron chi connectivity index (χ3n) is 7.85. The first-order valence-electron chi connectivity index (χ1n) is 10.5. The number of esters is 1. The van der Waals surface area contributed by atoms with Crippen molar-refractivity contribution in [3.05, 3.63) is 35.9 Å². The summed E-state index contributed by atoms with van der Waals surface area (Å²) in [6, 6.07) is 4.64. The number of rotatable bonds is 2. The number of fused-ring (bicyclic) bond motifs is 4. The molecule has 6 atom stereocenters. The molecule has 2 fully saturated rings. The van der Waals surface area contributed by atoms with E-state index in [1.165, 1.54) is 25.3 Å². The van der Waals surface area contributed by atoms with Gasteiger partial charge < -0.3 is 24.5 Å². The van der Waals surface area contributed by atoms with Gasteiger partial charge >= 0.3 is 5.97 Å². The van der Waals surface area contributed by atoms with E-state index in [-0.39, 0.29) is 23.9 Å². The highest BCUT2D eigenvalue weighted by Crippen LogP contribution is 2.59. The number of oxime groups is 1. The van der Waals surface area contributed by atoms with Gasteiger partial charge in [0, 0.05) is 18.1 Å². The highest BCUT2D eigenvalue weighted by molar-refractivity contribution is 6.07. The highest BCUT2D eigenvalue weighted by atomic mass is 16.7. The topological polar surface area (TPSA) is 115 Å². The predicted molar refractivity (Wildman–Crippen MR) is 109 cm³/mol. The Morgan fingerprint density at radius 2 is 2.03 bits per heavy atom. The third-order valence-corrected chi connectivity index (χ3v) is 7.85. The van der Waals surface area contributed by atoms with Crippen molar-refractivity contribution in [3.63, 3.8) is 0 Å². The van der Waals surface area contributed by atoms with E-state index >= 15 is 0 Å². The van der Waals surface area contributed by atoms with Gasteiger partial charge in [0.15, 0.2) is 5.78 Å². The van der Waals surface area contributed by atoms with Gasteiger partial charge in [0.25, 0.3) is 0 Å². The molecule has 8 nitrogen and oxygen atoms in total. The van der Waals surface area contributed by atoms with Gasteiger partial charge in [0.1, 0.15) is 28.6 Å². The average molecular weight is 427 g/mol. The van der Waals surface area contributed by atoms with Crippen LogP contribution in [-0.4, -0.2) is 52.1 Å². The zero-order valence-electron chi connectivity index (χ0n) is 17.6. The van der Waals surface area contributed by atoms with Crippen molar-refractivity contribution in [2.45, 2.75) is 50.4 Å². The van der Waals surface area contributed by atoms with Gasteiger partial charge in [-0.05, 0) is 50.0 Å². The first kappa shape index (κ1) is 20.1. The molecule has 2 N–H and O–H groups in total. The Kier molecular flexibility index (Phi) is 4.09. The van der Waals surface area contributed by atoms with Crippen LogP contribution < -0.4 is 4.74 Å². The number of methoxy groups -OCH3 is 1. The van der Waals surface area contributed by atoms with Gasteiger partial charge in [-0.25, -0.2) is 4.79 Å². The molecule has 8 heteroatoms. The van der Waals surface area contributed by atoms with Crippen molar-refractivity contribution in [2.24, 2.45) is 22.4 Å². The van der Waals surface area contributed by atoms with Crippen LogP contribution in [0, 0.1) is 17.3 Å². The molecule has 0 bridgehead atoms. The first-order valence-corrected chi connectivity index (χ1v) is 10.5. The van der Waals surface area contributed by atoms with E-state index in [1.807, 2.05) is 6.92 Å². The fourth-order valence-electron chi connectivity index (χ4n) is 5.86. The normalized spacial score (nSPS) is 40.8. The summed E-state index contributed by atoms with van der Waals surface area (Å²) in [5.41, 5.74) is -2.92. The van der Waals surface area contributed by atoms with Crippen LogP contribution in [0.4, 0.5) is 0 Å². The maximum Gasteiger partial charge on any atom is 0.354 e. The molecule has 1 spiro atoms. The molecule has 3 unspecified atom stereocenters. The summed E-state index contributed by atoms with van der Waals surface area (Å²) >= 11 is 0. The van der Waals surface area contributed by atoms with Crippen molar-refractivity contribution in [1.82, 2.24) is 0 Å². The molecule has 164 valence electrons. The third kappa shape index (κ3) is 2.36. The Balaban J connectivity index is 1.53. The molecule has 1 aromatic carbocycles. The summed E-state index contributed by atoms with van der Waals surface area (Å²) in [4.78, 5) is 31.9. The zero-order chi connectivity index (χ0) is 22.2. The van der Waals surface area contributed by atoms with Crippen LogP contribution in [-0.2, 0) is 19.2 Å². The summed E-state index contributed by atoms with van der Waals surface area (Å²) in [6.45, 7) is 3.59. The molecule has 2 aliphatic carbocycles. The number of carbonyl (C=O) groups excluding carboxylic acids is 2. The standard InChI is InChI=1S/C23H25NO7/c1-12-4-7-15-19(21(2)18(26)8-9-23(12,21)28)30-20(27)22(15)11-16(24-31-22)14-6-5-13(25)10-17(14)29-3/h5-6,8-10,12,15,19,25,28H,4,7,11H2,1-3H3/t12-,15?,19?,21-,22?,23+/m0/s1. The van der Waals surface area contributed by atoms with Crippen molar-refractivity contribution in [2.75, 3.05) is 7.11 Å². The fourth-order valence-corrected chi connectivity index (χ4v) is 5.86. The molecule has 2 aliphatic heterocycles. The SMILES string of the molecule is COc1cc(O)ccc1C1=NOC2(C1)C(=O)OC1C2CC[C@H](C)[C@]2(O)C=CC(=O)[C@@]12C. The molecule has 2 heterocycles. The lowest BCUT2D eigenvalue weighted by atomic mass is 9.63. The lowest BCUT2D eigenvalue weighted by Gasteiger charge is -2.43. The van der Waals surface area contributed by atoms with E-state index in [0.29, 0.717) is 29.9 Å². The van der Waals surface area contributed by atoms with Crippen LogP contribution in [0.3, 0.4) is 0 Å². The molecular weight excluding hydrogens is 402 g/mol. The molecule has 1 aromatic rings. The minimum absolute atomic E-state index is 0.0485. The van der Waals surface area contributed by atoms with Crippen LogP contribution in [0.2, 0.25) is 0 Å². The van der Waals surface area contributed by atoms with E-state index in [0.717, 1.165) is 0 Å². The summed E-state index contributed by atoms with van der Waals surface area (Å²) in [5.74, 6) is -1.00. The van der Waals surface area contributed by atoms with Crippen molar-refractivity contribution in [1.29, 1.82) is 0 Å². The predicted octanol–water partition coefficient (Wildman–Crippen LogP) is 2.11. The summed E-state index contributed by atoms with van der Waals surface area (Å²) in [5, 5.41) is 25.4. The Hall–Kier alpha value is -2.87. The Bertz CT molecular complexity index is 1050. The van der Waals surface area contributed by atoms with E-state index in [4.69, 9.17) is 14.3 Å². The number of ketones is 1. The number of allylic oxidation sites excluding steroid dienone is 1. The van der Waals surface area contributed by atoms with E-state index < -0.39 is 34.6 Å². The number of hydrogen-bond acceptors (Lipinski definition) is 8. The van der Waals surface area contributed by atoms with Gasteiger partial charge in [0.2, 0.25) is 5.60 Å². The lowest BCUT2D eigenvalue weighted by molar-refractivity contribution is -0.169. The molecule has 31 heavy (non-hydrogen) atoms. The van der Waals surface area contributed by atoms with Crippen LogP contribution in [0.15, 0.2) is 35.5 Å². The number of phenols is 1. The van der Waals surface area contributed by atoms with Crippen LogP contribution in [0.25, 0.3) is 0 Å². The van der Waals surface area contributed by atoms with Crippen molar-refractivity contribution < 1.29 is 34.1 Å². The lowest BCUT2D eigenvalue weighted by Crippen LogP contribution is -2.57. The quantitative estimate of drug-likeness (QED) is 0.695. The van der Waals surface area contributed by atoms with Crippen molar-refractivity contribution in [3.8, 4) is 11.5 Å². The van der Waals surface area contributed by atoms with Gasteiger partial charge in [-0.2, -0.15) is 0 Å². The fraction of sp³-hybridized carbons (Fsp3) is 0.522.